The molecule has 4 aromatic rings. The number of hydrogen-bond acceptors (Lipinski definition) is 6. The molecule has 1 aromatic carbocycles. The maximum absolute atomic E-state index is 12.3. The van der Waals surface area contributed by atoms with Crippen LogP contribution in [0.25, 0.3) is 21.1 Å². The molecule has 5 rings (SSSR count). The van der Waals surface area contributed by atoms with Crippen molar-refractivity contribution in [3.05, 3.63) is 46.5 Å². The number of thioether (sulfide) groups is 1. The van der Waals surface area contributed by atoms with Gasteiger partial charge in [-0.1, -0.05) is 30.0 Å². The maximum Gasteiger partial charge on any atom is 0.230 e. The third-order valence-corrected chi connectivity index (χ3v) is 7.58. The summed E-state index contributed by atoms with van der Waals surface area (Å²) < 4.78 is 0. The van der Waals surface area contributed by atoms with Crippen LogP contribution in [0.1, 0.15) is 28.8 Å². The minimum Gasteiger partial charge on any atom is -0.383 e. The topological polar surface area (TPSA) is 96.7 Å². The van der Waals surface area contributed by atoms with Gasteiger partial charge in [0.2, 0.25) is 5.91 Å². The molecule has 8 heteroatoms. The number of hydrogen-bond donors (Lipinski definition) is 3. The number of amides is 1. The molecular weight excluding hydrogens is 414 g/mol. The molecule has 154 valence electrons. The highest BCUT2D eigenvalue weighted by Gasteiger charge is 2.20. The number of rotatable bonds is 6. The summed E-state index contributed by atoms with van der Waals surface area (Å²) in [6.45, 7) is 0.598. The fourth-order valence-corrected chi connectivity index (χ4v) is 6.09. The second kappa shape index (κ2) is 8.28. The lowest BCUT2D eigenvalue weighted by molar-refractivity contribution is -0.118. The molecule has 0 spiro atoms. The van der Waals surface area contributed by atoms with Gasteiger partial charge in [0, 0.05) is 28.5 Å². The van der Waals surface area contributed by atoms with E-state index in [4.69, 9.17) is 5.73 Å². The monoisotopic (exact) mass is 437 g/mol. The largest absolute Gasteiger partial charge is 0.383 e. The molecule has 1 amide bonds. The first-order valence-electron chi connectivity index (χ1n) is 10.2. The van der Waals surface area contributed by atoms with Crippen molar-refractivity contribution in [1.82, 2.24) is 20.3 Å². The molecule has 4 N–H and O–H groups in total. The van der Waals surface area contributed by atoms with Gasteiger partial charge in [-0.05, 0) is 49.3 Å². The number of nitrogens with zero attached hydrogens (tertiary/aromatic N) is 2. The van der Waals surface area contributed by atoms with Gasteiger partial charge >= 0.3 is 0 Å². The average molecular weight is 438 g/mol. The predicted octanol–water partition coefficient (Wildman–Crippen LogP) is 4.08. The number of aromatic nitrogens is 3. The molecule has 0 aliphatic heterocycles. The first kappa shape index (κ1) is 19.4. The molecular formula is C22H23N5OS2. The Kier molecular flexibility index (Phi) is 5.35. The van der Waals surface area contributed by atoms with Gasteiger partial charge in [0.1, 0.15) is 10.6 Å². The molecule has 0 radical (unpaired) electrons. The highest BCUT2D eigenvalue weighted by atomic mass is 32.2. The van der Waals surface area contributed by atoms with Crippen LogP contribution in [0.2, 0.25) is 0 Å². The highest BCUT2D eigenvalue weighted by Crippen LogP contribution is 2.38. The van der Waals surface area contributed by atoms with Gasteiger partial charge < -0.3 is 16.0 Å². The molecule has 0 atom stereocenters. The number of nitrogens with two attached hydrogens (primary N) is 1. The van der Waals surface area contributed by atoms with Crippen molar-refractivity contribution in [1.29, 1.82) is 0 Å². The summed E-state index contributed by atoms with van der Waals surface area (Å²) in [6, 6.07) is 8.19. The van der Waals surface area contributed by atoms with Crippen LogP contribution < -0.4 is 11.1 Å². The van der Waals surface area contributed by atoms with Gasteiger partial charge in [0.05, 0.1) is 11.1 Å². The van der Waals surface area contributed by atoms with Crippen LogP contribution in [0.3, 0.4) is 0 Å². The summed E-state index contributed by atoms with van der Waals surface area (Å²) >= 11 is 3.07. The molecule has 1 aliphatic rings. The average Bonchev–Trinajstić information content (AvgIpc) is 3.34. The molecule has 3 aromatic heterocycles. The van der Waals surface area contributed by atoms with Crippen molar-refractivity contribution in [2.75, 3.05) is 18.0 Å². The van der Waals surface area contributed by atoms with E-state index in [1.54, 1.807) is 11.3 Å². The third-order valence-electron chi connectivity index (χ3n) is 5.55. The number of thiophene rings is 1. The van der Waals surface area contributed by atoms with E-state index in [1.165, 1.54) is 46.0 Å². The number of nitrogens with one attached hydrogen (secondary N) is 2. The van der Waals surface area contributed by atoms with Crippen molar-refractivity contribution in [2.45, 2.75) is 37.3 Å². The Morgan fingerprint density at radius 1 is 1.23 bits per heavy atom. The van der Waals surface area contributed by atoms with Crippen LogP contribution in [-0.2, 0) is 24.1 Å². The summed E-state index contributed by atoms with van der Waals surface area (Å²) in [6.07, 6.45) is 7.40. The molecule has 0 saturated heterocycles. The number of aromatic amines is 1. The molecule has 1 aliphatic carbocycles. The number of fused-ring (bicyclic) bond motifs is 4. The van der Waals surface area contributed by atoms with Gasteiger partial charge in [0.15, 0.2) is 5.16 Å². The van der Waals surface area contributed by atoms with E-state index in [2.05, 4.69) is 32.4 Å². The Balaban J connectivity index is 1.18. The smallest absolute Gasteiger partial charge is 0.230 e. The Hall–Kier alpha value is -2.58. The van der Waals surface area contributed by atoms with E-state index in [0.717, 1.165) is 35.0 Å². The summed E-state index contributed by atoms with van der Waals surface area (Å²) in [7, 11) is 0. The van der Waals surface area contributed by atoms with Crippen LogP contribution in [0, 0.1) is 0 Å². The lowest BCUT2D eigenvalue weighted by Crippen LogP contribution is -2.27. The van der Waals surface area contributed by atoms with Gasteiger partial charge in [-0.2, -0.15) is 0 Å². The van der Waals surface area contributed by atoms with Crippen molar-refractivity contribution < 1.29 is 4.79 Å². The number of anilines is 1. The van der Waals surface area contributed by atoms with Crippen LogP contribution in [0.15, 0.2) is 35.6 Å². The SMILES string of the molecule is Nc1nc(SCC(=O)NCCc2c[nH]c3ccccc23)nc2sc3c(c12)CCCC3. The predicted molar refractivity (Wildman–Crippen MR) is 124 cm³/mol. The number of nitrogen functional groups attached to an aromatic ring is 1. The minimum atomic E-state index is -0.0208. The van der Waals surface area contributed by atoms with E-state index in [-0.39, 0.29) is 11.7 Å². The van der Waals surface area contributed by atoms with Crippen LogP contribution >= 0.6 is 23.1 Å². The molecule has 6 nitrogen and oxygen atoms in total. The van der Waals surface area contributed by atoms with Crippen LogP contribution in [-0.4, -0.2) is 33.2 Å². The van der Waals surface area contributed by atoms with Crippen molar-refractivity contribution in [2.24, 2.45) is 0 Å². The van der Waals surface area contributed by atoms with E-state index >= 15 is 0 Å². The molecule has 3 heterocycles. The quantitative estimate of drug-likeness (QED) is 0.312. The lowest BCUT2D eigenvalue weighted by atomic mass is 9.97. The zero-order valence-corrected chi connectivity index (χ0v) is 18.2. The Morgan fingerprint density at radius 2 is 2.10 bits per heavy atom. The number of aryl methyl sites for hydroxylation is 2. The maximum atomic E-state index is 12.3. The van der Waals surface area contributed by atoms with Gasteiger partial charge in [-0.3, -0.25) is 4.79 Å². The molecule has 0 bridgehead atoms. The number of carbonyl (C=O) groups is 1. The molecule has 30 heavy (non-hydrogen) atoms. The second-order valence-electron chi connectivity index (χ2n) is 7.53. The Bertz CT molecular complexity index is 1230. The fraction of sp³-hybridized carbons (Fsp3) is 0.318. The number of para-hydroxylation sites is 1. The normalized spacial score (nSPS) is 13.6. The molecule has 0 saturated carbocycles. The highest BCUT2D eigenvalue weighted by molar-refractivity contribution is 7.99. The van der Waals surface area contributed by atoms with Crippen molar-refractivity contribution in [3.63, 3.8) is 0 Å². The zero-order chi connectivity index (χ0) is 20.5. The number of carbonyl (C=O) groups excluding carboxylic acids is 1. The van der Waals surface area contributed by atoms with Gasteiger partial charge in [-0.15, -0.1) is 11.3 Å². The fourth-order valence-electron chi connectivity index (χ4n) is 4.09. The van der Waals surface area contributed by atoms with E-state index in [0.29, 0.717) is 17.5 Å². The minimum absolute atomic E-state index is 0.0208. The Morgan fingerprint density at radius 3 is 3.03 bits per heavy atom. The summed E-state index contributed by atoms with van der Waals surface area (Å²) in [4.78, 5) is 27.0. The van der Waals surface area contributed by atoms with Gasteiger partial charge in [0.25, 0.3) is 0 Å². The van der Waals surface area contributed by atoms with Crippen molar-refractivity contribution in [3.8, 4) is 0 Å². The second-order valence-corrected chi connectivity index (χ2v) is 9.56. The molecule has 0 fully saturated rings. The van der Waals surface area contributed by atoms with E-state index < -0.39 is 0 Å². The van der Waals surface area contributed by atoms with E-state index in [9.17, 15) is 4.79 Å². The third kappa shape index (κ3) is 3.77. The first-order valence-corrected chi connectivity index (χ1v) is 12.0. The summed E-state index contributed by atoms with van der Waals surface area (Å²) in [5, 5.41) is 5.80. The zero-order valence-electron chi connectivity index (χ0n) is 16.5. The molecule has 0 unspecified atom stereocenters. The van der Waals surface area contributed by atoms with Gasteiger partial charge in [-0.25, -0.2) is 9.97 Å². The van der Waals surface area contributed by atoms with E-state index in [1.807, 2.05) is 18.3 Å². The van der Waals surface area contributed by atoms with Crippen LogP contribution in [0.4, 0.5) is 5.82 Å². The first-order chi connectivity index (χ1) is 14.7. The summed E-state index contributed by atoms with van der Waals surface area (Å²) in [5.41, 5.74) is 9.92. The number of H-pyrrole nitrogens is 1. The summed E-state index contributed by atoms with van der Waals surface area (Å²) in [5.74, 6) is 0.804. The standard InChI is InChI=1S/C22H23N5OS2/c23-20-19-15-6-2-4-8-17(15)30-21(19)27-22(26-20)29-12-18(28)24-10-9-13-11-25-16-7-3-1-5-14(13)16/h1,3,5,7,11,25H,2,4,6,8-10,12H2,(H,24,28)(H2,23,26,27). The van der Waals surface area contributed by atoms with Crippen LogP contribution in [0.5, 0.6) is 0 Å². The Labute approximate surface area is 182 Å². The lowest BCUT2D eigenvalue weighted by Gasteiger charge is -2.10. The van der Waals surface area contributed by atoms with Crippen molar-refractivity contribution >= 4 is 55.9 Å². The number of benzene rings is 1.